The highest BCUT2D eigenvalue weighted by atomic mass is 16.4. The molecule has 7 atom stereocenters. The van der Waals surface area contributed by atoms with E-state index < -0.39 is 65.8 Å². The summed E-state index contributed by atoms with van der Waals surface area (Å²) in [6.45, 7) is 16.5. The van der Waals surface area contributed by atoms with Crippen LogP contribution in [0.3, 0.4) is 0 Å². The average Bonchev–Trinajstić information content (AvgIpc) is 3.05. The van der Waals surface area contributed by atoms with Crippen molar-refractivity contribution in [3.8, 4) is 0 Å². The van der Waals surface area contributed by atoms with Gasteiger partial charge in [-0.3, -0.25) is 24.0 Å². The van der Waals surface area contributed by atoms with Crippen molar-refractivity contribution in [3.63, 3.8) is 0 Å². The van der Waals surface area contributed by atoms with Gasteiger partial charge in [-0.25, -0.2) is 4.79 Å². The first-order valence-corrected chi connectivity index (χ1v) is 18.4. The third-order valence-electron chi connectivity index (χ3n) is 8.97. The van der Waals surface area contributed by atoms with Crippen LogP contribution in [0.2, 0.25) is 0 Å². The SMILES string of the molecule is CCCCC(=O)N[C@@H](CC(C)C)C(=O)N[C@H](C(=O)NC(Cc1ccccc1)C(N)CC(=O)N[C@H](C(=O)N[C@H](C(=O)O)C(C)C)[C@@H](C)CC)C(C)C. The Morgan fingerprint density at radius 3 is 1.78 bits per heavy atom. The molecule has 0 aromatic heterocycles. The molecule has 5 amide bonds. The van der Waals surface area contributed by atoms with Gasteiger partial charge in [0.25, 0.3) is 0 Å². The van der Waals surface area contributed by atoms with Crippen molar-refractivity contribution >= 4 is 35.5 Å². The second-order valence-electron chi connectivity index (χ2n) is 14.8. The van der Waals surface area contributed by atoms with Crippen molar-refractivity contribution < 1.29 is 33.9 Å². The minimum absolute atomic E-state index is 0.109. The monoisotopic (exact) mass is 716 g/mol. The summed E-state index contributed by atoms with van der Waals surface area (Å²) in [5.74, 6) is -4.36. The number of benzene rings is 1. The Kier molecular flexibility index (Phi) is 20.1. The second kappa shape index (κ2) is 22.7. The van der Waals surface area contributed by atoms with E-state index in [0.29, 0.717) is 25.7 Å². The highest BCUT2D eigenvalue weighted by Gasteiger charge is 2.34. The molecule has 13 heteroatoms. The number of carboxylic acid groups (broad SMARTS) is 1. The second-order valence-corrected chi connectivity index (χ2v) is 14.8. The standard InChI is InChI=1S/C38H64N6O7/c1-10-12-18-30(45)40-29(19-22(3)4)35(47)43-32(23(5)6)36(48)41-28(20-26-16-14-13-15-17-26)27(39)21-31(46)42-34(25(9)11-2)37(49)44-33(24(7)8)38(50)51/h13-17,22-25,27-29,32-34H,10-12,18-21,39H2,1-9H3,(H,40,45)(H,41,48)(H,42,46)(H,43,47)(H,44,49)(H,50,51)/t25-,27?,28?,29-,32-,33-,34-/m0/s1. The first-order chi connectivity index (χ1) is 23.9. The predicted octanol–water partition coefficient (Wildman–Crippen LogP) is 3.05. The van der Waals surface area contributed by atoms with E-state index in [9.17, 15) is 33.9 Å². The molecule has 0 aliphatic heterocycles. The zero-order valence-electron chi connectivity index (χ0n) is 32.1. The van der Waals surface area contributed by atoms with Gasteiger partial charge in [0.2, 0.25) is 29.5 Å². The van der Waals surface area contributed by atoms with Crippen molar-refractivity contribution in [3.05, 3.63) is 35.9 Å². The molecule has 0 heterocycles. The van der Waals surface area contributed by atoms with Gasteiger partial charge in [0.1, 0.15) is 24.2 Å². The maximum absolute atomic E-state index is 13.9. The van der Waals surface area contributed by atoms with Gasteiger partial charge >= 0.3 is 5.97 Å². The quantitative estimate of drug-likeness (QED) is 0.0893. The number of nitrogens with one attached hydrogen (secondary N) is 5. The molecule has 0 fully saturated rings. The van der Waals surface area contributed by atoms with E-state index in [4.69, 9.17) is 5.73 Å². The Morgan fingerprint density at radius 2 is 1.27 bits per heavy atom. The molecule has 0 saturated heterocycles. The van der Waals surface area contributed by atoms with Gasteiger partial charge < -0.3 is 37.4 Å². The minimum Gasteiger partial charge on any atom is -0.480 e. The molecule has 51 heavy (non-hydrogen) atoms. The lowest BCUT2D eigenvalue weighted by molar-refractivity contribution is -0.143. The smallest absolute Gasteiger partial charge is 0.326 e. The molecule has 0 radical (unpaired) electrons. The van der Waals surface area contributed by atoms with Gasteiger partial charge in [-0.1, -0.05) is 105 Å². The van der Waals surface area contributed by atoms with Crippen LogP contribution < -0.4 is 32.3 Å². The van der Waals surface area contributed by atoms with E-state index in [1.54, 1.807) is 34.6 Å². The number of carbonyl (C=O) groups excluding carboxylic acids is 5. The van der Waals surface area contributed by atoms with Gasteiger partial charge in [-0.15, -0.1) is 0 Å². The van der Waals surface area contributed by atoms with E-state index in [2.05, 4.69) is 26.6 Å². The molecular formula is C38H64N6O7. The lowest BCUT2D eigenvalue weighted by atomic mass is 9.94. The molecule has 0 aliphatic carbocycles. The lowest BCUT2D eigenvalue weighted by Crippen LogP contribution is -2.60. The summed E-state index contributed by atoms with van der Waals surface area (Å²) in [5, 5.41) is 23.5. The summed E-state index contributed by atoms with van der Waals surface area (Å²) in [7, 11) is 0. The maximum Gasteiger partial charge on any atom is 0.326 e. The zero-order chi connectivity index (χ0) is 38.8. The van der Waals surface area contributed by atoms with Crippen LogP contribution in [0.1, 0.15) is 106 Å². The summed E-state index contributed by atoms with van der Waals surface area (Å²) in [6, 6.07) is 3.79. The first kappa shape index (κ1) is 45.0. The third-order valence-corrected chi connectivity index (χ3v) is 8.97. The van der Waals surface area contributed by atoms with Crippen LogP contribution >= 0.6 is 0 Å². The molecule has 13 nitrogen and oxygen atoms in total. The van der Waals surface area contributed by atoms with Gasteiger partial charge in [0, 0.05) is 24.9 Å². The normalized spacial score (nSPS) is 15.5. The average molecular weight is 717 g/mol. The molecule has 0 spiro atoms. The summed E-state index contributed by atoms with van der Waals surface area (Å²) in [6.07, 6.45) is 2.83. The van der Waals surface area contributed by atoms with E-state index in [-0.39, 0.29) is 42.4 Å². The summed E-state index contributed by atoms with van der Waals surface area (Å²) < 4.78 is 0. The van der Waals surface area contributed by atoms with E-state index >= 15 is 0 Å². The molecule has 0 aliphatic rings. The van der Waals surface area contributed by atoms with Crippen LogP contribution in [0.25, 0.3) is 0 Å². The zero-order valence-corrected chi connectivity index (χ0v) is 32.1. The largest absolute Gasteiger partial charge is 0.480 e. The Bertz CT molecular complexity index is 1270. The lowest BCUT2D eigenvalue weighted by Gasteiger charge is -2.31. The molecule has 2 unspecified atom stereocenters. The molecule has 0 saturated carbocycles. The molecule has 1 aromatic carbocycles. The van der Waals surface area contributed by atoms with E-state index in [0.717, 1.165) is 12.0 Å². The topological polar surface area (TPSA) is 209 Å². The molecule has 0 bridgehead atoms. The molecular weight excluding hydrogens is 652 g/mol. The fourth-order valence-electron chi connectivity index (χ4n) is 5.59. The number of rotatable bonds is 23. The number of aliphatic carboxylic acids is 1. The third kappa shape index (κ3) is 16.3. The minimum atomic E-state index is -1.17. The van der Waals surface area contributed by atoms with Crippen LogP contribution in [-0.2, 0) is 35.2 Å². The molecule has 1 rings (SSSR count). The fourth-order valence-corrected chi connectivity index (χ4v) is 5.59. The Morgan fingerprint density at radius 1 is 0.706 bits per heavy atom. The number of nitrogens with two attached hydrogens (primary N) is 1. The van der Waals surface area contributed by atoms with E-state index in [1.807, 2.05) is 58.0 Å². The van der Waals surface area contributed by atoms with Crippen molar-refractivity contribution in [2.45, 2.75) is 144 Å². The van der Waals surface area contributed by atoms with E-state index in [1.165, 1.54) is 0 Å². The van der Waals surface area contributed by atoms with Crippen LogP contribution in [0.5, 0.6) is 0 Å². The molecule has 1 aromatic rings. The number of carbonyl (C=O) groups is 6. The van der Waals surface area contributed by atoms with Gasteiger partial charge in [0.05, 0.1) is 0 Å². The first-order valence-electron chi connectivity index (χ1n) is 18.4. The number of unbranched alkanes of at least 4 members (excludes halogenated alkanes) is 1. The number of hydrogen-bond acceptors (Lipinski definition) is 7. The number of carboxylic acids is 1. The van der Waals surface area contributed by atoms with Crippen molar-refractivity contribution in [1.82, 2.24) is 26.6 Å². The van der Waals surface area contributed by atoms with Crippen molar-refractivity contribution in [2.24, 2.45) is 29.4 Å². The summed E-state index contributed by atoms with van der Waals surface area (Å²) in [4.78, 5) is 78.2. The van der Waals surface area contributed by atoms with Crippen molar-refractivity contribution in [2.75, 3.05) is 0 Å². The Hall–Kier alpha value is -4.00. The van der Waals surface area contributed by atoms with Crippen LogP contribution in [0, 0.1) is 23.7 Å². The van der Waals surface area contributed by atoms with Crippen molar-refractivity contribution in [1.29, 1.82) is 0 Å². The summed E-state index contributed by atoms with van der Waals surface area (Å²) in [5.41, 5.74) is 7.48. The molecule has 8 N–H and O–H groups in total. The number of hydrogen-bond donors (Lipinski definition) is 7. The predicted molar refractivity (Wildman–Crippen MR) is 198 cm³/mol. The highest BCUT2D eigenvalue weighted by Crippen LogP contribution is 2.14. The van der Waals surface area contributed by atoms with Crippen LogP contribution in [0.15, 0.2) is 30.3 Å². The highest BCUT2D eigenvalue weighted by molar-refractivity contribution is 5.93. The van der Waals surface area contributed by atoms with Gasteiger partial charge in [-0.05, 0) is 48.5 Å². The Labute approximate surface area is 304 Å². The van der Waals surface area contributed by atoms with Gasteiger partial charge in [-0.2, -0.15) is 0 Å². The van der Waals surface area contributed by atoms with Crippen LogP contribution in [-0.4, -0.2) is 76.9 Å². The number of amides is 5. The van der Waals surface area contributed by atoms with Crippen LogP contribution in [0.4, 0.5) is 0 Å². The summed E-state index contributed by atoms with van der Waals surface area (Å²) >= 11 is 0. The Balaban J connectivity index is 3.23. The maximum atomic E-state index is 13.9. The fraction of sp³-hybridized carbons (Fsp3) is 0.684. The van der Waals surface area contributed by atoms with Gasteiger partial charge in [0.15, 0.2) is 0 Å². The molecule has 288 valence electrons.